The van der Waals surface area contributed by atoms with Gasteiger partial charge in [-0.25, -0.2) is 0 Å². The van der Waals surface area contributed by atoms with Crippen molar-refractivity contribution in [1.82, 2.24) is 9.80 Å². The molecule has 4 nitrogen and oxygen atoms in total. The van der Waals surface area contributed by atoms with Gasteiger partial charge in [0, 0.05) is 45.3 Å². The molecule has 1 aliphatic heterocycles. The third-order valence-electron chi connectivity index (χ3n) is 2.98. The highest BCUT2D eigenvalue weighted by Crippen LogP contribution is 2.10. The molecule has 1 unspecified atom stereocenters. The van der Waals surface area contributed by atoms with Crippen LogP contribution in [0.1, 0.15) is 20.8 Å². The normalized spacial score (nSPS) is 23.0. The minimum Gasteiger partial charge on any atom is -0.389 e. The van der Waals surface area contributed by atoms with Crippen molar-refractivity contribution in [1.29, 1.82) is 0 Å². The Morgan fingerprint density at radius 1 is 1.27 bits per heavy atom. The SMILES string of the molecule is CC(CN)N1CCN(CC(C)(C)O)CC1. The summed E-state index contributed by atoms with van der Waals surface area (Å²) in [5.41, 5.74) is 5.06. The average molecular weight is 215 g/mol. The van der Waals surface area contributed by atoms with Gasteiger partial charge in [0.1, 0.15) is 0 Å². The van der Waals surface area contributed by atoms with Gasteiger partial charge in [-0.1, -0.05) is 0 Å². The van der Waals surface area contributed by atoms with E-state index in [4.69, 9.17) is 5.73 Å². The van der Waals surface area contributed by atoms with Crippen molar-refractivity contribution < 1.29 is 5.11 Å². The standard InChI is InChI=1S/C11H25N3O/c1-10(8-12)14-6-4-13(5-7-14)9-11(2,3)15/h10,15H,4-9,12H2,1-3H3. The molecule has 1 rings (SSSR count). The Kier molecular flexibility index (Phi) is 4.52. The minimum atomic E-state index is -0.582. The maximum Gasteiger partial charge on any atom is 0.0718 e. The molecule has 1 atom stereocenters. The lowest BCUT2D eigenvalue weighted by atomic mass is 10.1. The second-order valence-electron chi connectivity index (χ2n) is 5.21. The summed E-state index contributed by atoms with van der Waals surface area (Å²) in [4.78, 5) is 4.74. The fourth-order valence-corrected chi connectivity index (χ4v) is 2.06. The molecule has 0 spiro atoms. The monoisotopic (exact) mass is 215 g/mol. The lowest BCUT2D eigenvalue weighted by molar-refractivity contribution is 0.0128. The van der Waals surface area contributed by atoms with Crippen LogP contribution in [0, 0.1) is 0 Å². The fourth-order valence-electron chi connectivity index (χ4n) is 2.06. The van der Waals surface area contributed by atoms with Crippen LogP contribution in [0.3, 0.4) is 0 Å². The predicted octanol–water partition coefficient (Wildman–Crippen LogP) is -0.278. The van der Waals surface area contributed by atoms with Gasteiger partial charge in [-0.05, 0) is 20.8 Å². The summed E-state index contributed by atoms with van der Waals surface area (Å²) in [6, 6.07) is 0.481. The first-order valence-corrected chi connectivity index (χ1v) is 5.81. The molecule has 0 radical (unpaired) electrons. The van der Waals surface area contributed by atoms with E-state index < -0.39 is 5.60 Å². The van der Waals surface area contributed by atoms with Crippen LogP contribution < -0.4 is 5.73 Å². The first-order chi connectivity index (χ1) is 6.92. The fraction of sp³-hybridized carbons (Fsp3) is 1.00. The smallest absolute Gasteiger partial charge is 0.0718 e. The van der Waals surface area contributed by atoms with Gasteiger partial charge < -0.3 is 10.8 Å². The lowest BCUT2D eigenvalue weighted by Crippen LogP contribution is -2.53. The van der Waals surface area contributed by atoms with Crippen molar-refractivity contribution in [3.05, 3.63) is 0 Å². The zero-order valence-electron chi connectivity index (χ0n) is 10.2. The molecule has 4 heteroatoms. The molecule has 0 aromatic heterocycles. The van der Waals surface area contributed by atoms with Crippen LogP contribution in [0.2, 0.25) is 0 Å². The topological polar surface area (TPSA) is 52.7 Å². The van der Waals surface area contributed by atoms with Gasteiger partial charge in [-0.2, -0.15) is 0 Å². The third-order valence-corrected chi connectivity index (χ3v) is 2.98. The van der Waals surface area contributed by atoms with Gasteiger partial charge in [0.2, 0.25) is 0 Å². The molecule has 0 aliphatic carbocycles. The summed E-state index contributed by atoms with van der Waals surface area (Å²) in [5, 5.41) is 9.72. The highest BCUT2D eigenvalue weighted by Gasteiger charge is 2.24. The van der Waals surface area contributed by atoms with Crippen molar-refractivity contribution >= 4 is 0 Å². The van der Waals surface area contributed by atoms with Crippen LogP contribution in [0.15, 0.2) is 0 Å². The predicted molar refractivity (Wildman–Crippen MR) is 62.8 cm³/mol. The molecule has 0 saturated carbocycles. The molecule has 0 aromatic carbocycles. The molecule has 0 bridgehead atoms. The zero-order valence-corrected chi connectivity index (χ0v) is 10.2. The number of β-amino-alcohol motifs (C(OH)–C–C–N with tert-alkyl or cyclic N) is 1. The van der Waals surface area contributed by atoms with E-state index in [1.54, 1.807) is 0 Å². The third kappa shape index (κ3) is 4.47. The van der Waals surface area contributed by atoms with Gasteiger partial charge in [0.05, 0.1) is 5.60 Å². The Bertz CT molecular complexity index is 183. The van der Waals surface area contributed by atoms with E-state index in [0.717, 1.165) is 39.3 Å². The Morgan fingerprint density at radius 2 is 1.80 bits per heavy atom. The lowest BCUT2D eigenvalue weighted by Gasteiger charge is -2.39. The Morgan fingerprint density at radius 3 is 2.20 bits per heavy atom. The maximum absolute atomic E-state index is 9.72. The minimum absolute atomic E-state index is 0.481. The number of nitrogens with two attached hydrogens (primary N) is 1. The molecule has 1 fully saturated rings. The van der Waals surface area contributed by atoms with Crippen molar-refractivity contribution in [2.75, 3.05) is 39.3 Å². The van der Waals surface area contributed by atoms with Gasteiger partial charge >= 0.3 is 0 Å². The van der Waals surface area contributed by atoms with Crippen LogP contribution in [0.25, 0.3) is 0 Å². The van der Waals surface area contributed by atoms with Gasteiger partial charge in [-0.3, -0.25) is 9.80 Å². The van der Waals surface area contributed by atoms with E-state index in [-0.39, 0.29) is 0 Å². The molecular formula is C11H25N3O. The number of nitrogens with zero attached hydrogens (tertiary/aromatic N) is 2. The Hall–Kier alpha value is -0.160. The zero-order chi connectivity index (χ0) is 11.5. The summed E-state index contributed by atoms with van der Waals surface area (Å²) >= 11 is 0. The van der Waals surface area contributed by atoms with E-state index in [0.29, 0.717) is 6.04 Å². The number of aliphatic hydroxyl groups is 1. The summed E-state index contributed by atoms with van der Waals surface area (Å²) in [7, 11) is 0. The van der Waals surface area contributed by atoms with Crippen LogP contribution >= 0.6 is 0 Å². The molecule has 0 aromatic rings. The van der Waals surface area contributed by atoms with Gasteiger partial charge in [0.15, 0.2) is 0 Å². The molecule has 1 saturated heterocycles. The van der Waals surface area contributed by atoms with Gasteiger partial charge in [-0.15, -0.1) is 0 Å². The largest absolute Gasteiger partial charge is 0.389 e. The summed E-state index contributed by atoms with van der Waals surface area (Å²) < 4.78 is 0. The first-order valence-electron chi connectivity index (χ1n) is 5.81. The van der Waals surface area contributed by atoms with Crippen molar-refractivity contribution in [3.8, 4) is 0 Å². The second-order valence-corrected chi connectivity index (χ2v) is 5.21. The second kappa shape index (κ2) is 5.25. The number of piperazine rings is 1. The van der Waals surface area contributed by atoms with Crippen LogP contribution in [-0.2, 0) is 0 Å². The number of hydrogen-bond donors (Lipinski definition) is 2. The molecule has 15 heavy (non-hydrogen) atoms. The molecular weight excluding hydrogens is 190 g/mol. The average Bonchev–Trinajstić information content (AvgIpc) is 2.15. The van der Waals surface area contributed by atoms with Gasteiger partial charge in [0.25, 0.3) is 0 Å². The quantitative estimate of drug-likeness (QED) is 0.677. The summed E-state index contributed by atoms with van der Waals surface area (Å²) in [6.07, 6.45) is 0. The highest BCUT2D eigenvalue weighted by atomic mass is 16.3. The summed E-state index contributed by atoms with van der Waals surface area (Å²) in [5.74, 6) is 0. The van der Waals surface area contributed by atoms with Crippen LogP contribution in [-0.4, -0.2) is 65.8 Å². The Labute approximate surface area is 93.0 Å². The number of rotatable bonds is 4. The molecule has 3 N–H and O–H groups in total. The van der Waals surface area contributed by atoms with Crippen LogP contribution in [0.4, 0.5) is 0 Å². The first kappa shape index (κ1) is 12.9. The molecule has 90 valence electrons. The molecule has 0 amide bonds. The molecule has 1 aliphatic rings. The molecule has 1 heterocycles. The Balaban J connectivity index is 2.30. The van der Waals surface area contributed by atoms with Crippen LogP contribution in [0.5, 0.6) is 0 Å². The van der Waals surface area contributed by atoms with E-state index in [1.807, 2.05) is 13.8 Å². The highest BCUT2D eigenvalue weighted by molar-refractivity contribution is 4.80. The number of hydrogen-bond acceptors (Lipinski definition) is 4. The van der Waals surface area contributed by atoms with Crippen molar-refractivity contribution in [2.45, 2.75) is 32.4 Å². The van der Waals surface area contributed by atoms with Crippen molar-refractivity contribution in [2.24, 2.45) is 5.73 Å². The van der Waals surface area contributed by atoms with E-state index in [9.17, 15) is 5.11 Å². The van der Waals surface area contributed by atoms with E-state index in [2.05, 4.69) is 16.7 Å². The van der Waals surface area contributed by atoms with Crippen molar-refractivity contribution in [3.63, 3.8) is 0 Å². The summed E-state index contributed by atoms with van der Waals surface area (Å²) in [6.45, 7) is 11.6. The van der Waals surface area contributed by atoms with E-state index in [1.165, 1.54) is 0 Å². The maximum atomic E-state index is 9.72. The van der Waals surface area contributed by atoms with E-state index >= 15 is 0 Å².